The Labute approximate surface area is 65.5 Å². The molecule has 0 heterocycles. The van der Waals surface area contributed by atoms with Gasteiger partial charge in [-0.15, -0.1) is 12.6 Å². The molecule has 0 aromatic rings. The molecular formula is C4H2N2O2S2. The van der Waals surface area contributed by atoms with E-state index in [0.29, 0.717) is 0 Å². The van der Waals surface area contributed by atoms with Gasteiger partial charge in [-0.2, -0.15) is 10.5 Å². The van der Waals surface area contributed by atoms with Crippen molar-refractivity contribution in [2.24, 2.45) is 0 Å². The summed E-state index contributed by atoms with van der Waals surface area (Å²) in [6.45, 7) is 0. The fourth-order valence-electron chi connectivity index (χ4n) is 0.225. The maximum Gasteiger partial charge on any atom is 0.199 e. The maximum atomic E-state index is 10.2. The van der Waals surface area contributed by atoms with Crippen LogP contribution in [0.4, 0.5) is 0 Å². The third-order valence-electron chi connectivity index (χ3n) is 0.597. The van der Waals surface area contributed by atoms with Gasteiger partial charge in [0.15, 0.2) is 16.0 Å². The summed E-state index contributed by atoms with van der Waals surface area (Å²) < 4.78 is 18.5. The Morgan fingerprint density at radius 2 is 2.00 bits per heavy atom. The standard InChI is InChI=1S/C4H2N2O2S2/c5-1-3(9)4(2-6)10(7)8/h9H,(H,7,8)/b4-3+. The van der Waals surface area contributed by atoms with E-state index in [9.17, 15) is 4.21 Å². The number of thiol groups is 1. The van der Waals surface area contributed by atoms with Crippen LogP contribution in [0.25, 0.3) is 0 Å². The van der Waals surface area contributed by atoms with Crippen molar-refractivity contribution in [1.29, 1.82) is 10.5 Å². The first-order chi connectivity index (χ1) is 4.63. The average molecular weight is 174 g/mol. The van der Waals surface area contributed by atoms with Gasteiger partial charge in [0.25, 0.3) is 0 Å². The van der Waals surface area contributed by atoms with E-state index in [1.54, 1.807) is 0 Å². The number of hydrogen-bond donors (Lipinski definition) is 2. The molecule has 0 aromatic carbocycles. The Balaban J connectivity index is 4.92. The topological polar surface area (TPSA) is 84.9 Å². The molecule has 0 saturated heterocycles. The zero-order valence-corrected chi connectivity index (χ0v) is 6.32. The lowest BCUT2D eigenvalue weighted by atomic mass is 10.5. The average Bonchev–Trinajstić information content (AvgIpc) is 1.88. The lowest BCUT2D eigenvalue weighted by Crippen LogP contribution is -1.91. The molecule has 0 spiro atoms. The molecular weight excluding hydrogens is 172 g/mol. The van der Waals surface area contributed by atoms with E-state index >= 15 is 0 Å². The quantitative estimate of drug-likeness (QED) is 0.342. The molecule has 0 amide bonds. The first-order valence-electron chi connectivity index (χ1n) is 1.97. The summed E-state index contributed by atoms with van der Waals surface area (Å²) in [4.78, 5) is -0.853. The highest BCUT2D eigenvalue weighted by atomic mass is 32.2. The molecule has 0 saturated carbocycles. The van der Waals surface area contributed by atoms with Gasteiger partial charge in [-0.3, -0.25) is 0 Å². The molecule has 0 fully saturated rings. The zero-order valence-electron chi connectivity index (χ0n) is 4.61. The third kappa shape index (κ3) is 2.19. The second-order valence-corrected chi connectivity index (χ2v) is 2.50. The Hall–Kier alpha value is -0.820. The van der Waals surface area contributed by atoms with Crippen LogP contribution >= 0.6 is 12.6 Å². The van der Waals surface area contributed by atoms with Crippen molar-refractivity contribution in [3.63, 3.8) is 0 Å². The van der Waals surface area contributed by atoms with Crippen molar-refractivity contribution in [2.75, 3.05) is 0 Å². The largest absolute Gasteiger partial charge is 0.302 e. The summed E-state index contributed by atoms with van der Waals surface area (Å²) in [5, 5.41) is 16.2. The van der Waals surface area contributed by atoms with Crippen molar-refractivity contribution >= 4 is 23.7 Å². The third-order valence-corrected chi connectivity index (χ3v) is 1.72. The van der Waals surface area contributed by atoms with Crippen molar-refractivity contribution in [3.8, 4) is 12.1 Å². The van der Waals surface area contributed by atoms with E-state index in [0.717, 1.165) is 0 Å². The van der Waals surface area contributed by atoms with Gasteiger partial charge in [-0.25, -0.2) is 4.21 Å². The molecule has 1 unspecified atom stereocenters. The summed E-state index contributed by atoms with van der Waals surface area (Å²) in [5.74, 6) is 0. The van der Waals surface area contributed by atoms with Gasteiger partial charge in [0, 0.05) is 0 Å². The van der Waals surface area contributed by atoms with Gasteiger partial charge in [-0.1, -0.05) is 0 Å². The molecule has 52 valence electrons. The predicted molar refractivity (Wildman–Crippen MR) is 38.0 cm³/mol. The normalized spacial score (nSPS) is 14.4. The fourth-order valence-corrected chi connectivity index (χ4v) is 0.799. The van der Waals surface area contributed by atoms with Gasteiger partial charge in [-0.05, 0) is 0 Å². The first-order valence-corrected chi connectivity index (χ1v) is 3.53. The summed E-state index contributed by atoms with van der Waals surface area (Å²) in [6.07, 6.45) is 0. The van der Waals surface area contributed by atoms with Crippen LogP contribution in [-0.2, 0) is 11.1 Å². The Kier molecular flexibility index (Phi) is 3.74. The zero-order chi connectivity index (χ0) is 8.15. The molecule has 1 atom stereocenters. The summed E-state index contributed by atoms with van der Waals surface area (Å²) in [7, 11) is 0. The van der Waals surface area contributed by atoms with E-state index in [1.807, 2.05) is 0 Å². The molecule has 0 rings (SSSR count). The van der Waals surface area contributed by atoms with Gasteiger partial charge >= 0.3 is 0 Å². The molecule has 0 radical (unpaired) electrons. The predicted octanol–water partition coefficient (Wildman–Crippen LogP) is 0.397. The van der Waals surface area contributed by atoms with Crippen LogP contribution in [0.5, 0.6) is 0 Å². The Bertz CT molecular complexity index is 270. The summed E-state index contributed by atoms with van der Waals surface area (Å²) in [5.41, 5.74) is 0. The van der Waals surface area contributed by atoms with Gasteiger partial charge in [0.05, 0.1) is 0 Å². The smallest absolute Gasteiger partial charge is 0.199 e. The number of nitriles is 2. The molecule has 6 heteroatoms. The van der Waals surface area contributed by atoms with E-state index in [2.05, 4.69) is 12.6 Å². The summed E-state index contributed by atoms with van der Waals surface area (Å²) in [6, 6.07) is 2.85. The molecule has 0 aliphatic heterocycles. The van der Waals surface area contributed by atoms with Gasteiger partial charge in [0.2, 0.25) is 0 Å². The van der Waals surface area contributed by atoms with Crippen molar-refractivity contribution < 1.29 is 8.76 Å². The van der Waals surface area contributed by atoms with Gasteiger partial charge in [0.1, 0.15) is 17.0 Å². The van der Waals surface area contributed by atoms with E-state index in [1.165, 1.54) is 12.1 Å². The SMILES string of the molecule is N#C/C(S)=C(/C#N)S(=O)O. The van der Waals surface area contributed by atoms with Crippen LogP contribution in [0.3, 0.4) is 0 Å². The van der Waals surface area contributed by atoms with Crippen LogP contribution in [0, 0.1) is 22.7 Å². The van der Waals surface area contributed by atoms with Crippen LogP contribution in [0.2, 0.25) is 0 Å². The van der Waals surface area contributed by atoms with Crippen LogP contribution in [0.15, 0.2) is 9.81 Å². The minimum absolute atomic E-state index is 0.330. The Morgan fingerprint density at radius 3 is 2.10 bits per heavy atom. The monoisotopic (exact) mass is 174 g/mol. The van der Waals surface area contributed by atoms with Crippen LogP contribution < -0.4 is 0 Å². The highest BCUT2D eigenvalue weighted by Gasteiger charge is 2.07. The van der Waals surface area contributed by atoms with Crippen molar-refractivity contribution in [2.45, 2.75) is 0 Å². The fraction of sp³-hybridized carbons (Fsp3) is 0. The Morgan fingerprint density at radius 1 is 1.50 bits per heavy atom. The van der Waals surface area contributed by atoms with E-state index < -0.39 is 16.0 Å². The molecule has 0 aliphatic carbocycles. The first kappa shape index (κ1) is 9.18. The maximum absolute atomic E-state index is 10.2. The van der Waals surface area contributed by atoms with E-state index in [4.69, 9.17) is 15.1 Å². The molecule has 0 aromatic heterocycles. The highest BCUT2D eigenvalue weighted by Crippen LogP contribution is 2.08. The lowest BCUT2D eigenvalue weighted by Gasteiger charge is -1.87. The van der Waals surface area contributed by atoms with Crippen molar-refractivity contribution in [1.82, 2.24) is 0 Å². The second kappa shape index (κ2) is 4.07. The number of nitrogens with zero attached hydrogens (tertiary/aromatic N) is 2. The molecule has 10 heavy (non-hydrogen) atoms. The molecule has 4 nitrogen and oxygen atoms in total. The number of rotatable bonds is 1. The lowest BCUT2D eigenvalue weighted by molar-refractivity contribution is 0.572. The second-order valence-electron chi connectivity index (χ2n) is 1.15. The molecule has 0 aliphatic rings. The minimum atomic E-state index is -2.41. The van der Waals surface area contributed by atoms with Crippen LogP contribution in [-0.4, -0.2) is 8.76 Å². The van der Waals surface area contributed by atoms with Crippen molar-refractivity contribution in [3.05, 3.63) is 9.81 Å². The highest BCUT2D eigenvalue weighted by molar-refractivity contribution is 7.88. The number of allylic oxidation sites excluding steroid dienone is 2. The molecule has 0 bridgehead atoms. The van der Waals surface area contributed by atoms with Gasteiger partial charge < -0.3 is 4.55 Å². The minimum Gasteiger partial charge on any atom is -0.302 e. The summed E-state index contributed by atoms with van der Waals surface area (Å²) >= 11 is 1.07. The number of hydrogen-bond acceptors (Lipinski definition) is 4. The van der Waals surface area contributed by atoms with Crippen LogP contribution in [0.1, 0.15) is 0 Å². The molecule has 1 N–H and O–H groups in total. The van der Waals surface area contributed by atoms with E-state index in [-0.39, 0.29) is 4.91 Å².